The third kappa shape index (κ3) is 4.82. The highest BCUT2D eigenvalue weighted by molar-refractivity contribution is 5.92. The van der Waals surface area contributed by atoms with Crippen molar-refractivity contribution in [3.8, 4) is 0 Å². The fraction of sp³-hybridized carbons (Fsp3) is 0.286. The van der Waals surface area contributed by atoms with E-state index in [1.165, 1.54) is 16.7 Å². The fourth-order valence-electron chi connectivity index (χ4n) is 2.47. The van der Waals surface area contributed by atoms with Gasteiger partial charge in [0, 0.05) is 6.08 Å². The largest absolute Gasteiger partial charge is 0.346 e. The van der Waals surface area contributed by atoms with E-state index in [0.29, 0.717) is 0 Å². The summed E-state index contributed by atoms with van der Waals surface area (Å²) in [6, 6.07) is 14.5. The summed E-state index contributed by atoms with van der Waals surface area (Å²) in [6.07, 6.45) is 4.32. The first-order chi connectivity index (χ1) is 11.0. The summed E-state index contributed by atoms with van der Waals surface area (Å²) in [5, 5.41) is 3.09. The van der Waals surface area contributed by atoms with E-state index < -0.39 is 0 Å². The molecule has 0 heterocycles. The molecule has 0 fully saturated rings. The molecule has 1 N–H and O–H groups in total. The number of nitrogens with one attached hydrogen (secondary N) is 1. The average Bonchev–Trinajstić information content (AvgIpc) is 2.55. The zero-order valence-corrected chi connectivity index (χ0v) is 14.4. The Hall–Kier alpha value is -2.35. The minimum atomic E-state index is -0.0596. The van der Waals surface area contributed by atoms with Gasteiger partial charge in [-0.15, -0.1) is 0 Å². The van der Waals surface area contributed by atoms with E-state index in [1.807, 2.05) is 30.3 Å². The summed E-state index contributed by atoms with van der Waals surface area (Å²) in [5.74, 6) is -0.0596. The van der Waals surface area contributed by atoms with Crippen LogP contribution in [-0.4, -0.2) is 5.91 Å². The van der Waals surface area contributed by atoms with Crippen molar-refractivity contribution in [2.75, 3.05) is 0 Å². The minimum Gasteiger partial charge on any atom is -0.346 e. The Morgan fingerprint density at radius 1 is 1.04 bits per heavy atom. The number of rotatable bonds is 5. The number of benzene rings is 2. The first-order valence-electron chi connectivity index (χ1n) is 8.12. The van der Waals surface area contributed by atoms with Crippen molar-refractivity contribution >= 4 is 12.0 Å². The van der Waals surface area contributed by atoms with Gasteiger partial charge in [0.15, 0.2) is 0 Å². The number of carbonyl (C=O) groups excluding carboxylic acids is 1. The summed E-state index contributed by atoms with van der Waals surface area (Å²) in [5.41, 5.74) is 5.93. The van der Waals surface area contributed by atoms with Gasteiger partial charge < -0.3 is 5.32 Å². The van der Waals surface area contributed by atoms with E-state index in [1.54, 1.807) is 6.08 Å². The molecule has 0 aliphatic carbocycles. The van der Waals surface area contributed by atoms with Gasteiger partial charge in [-0.25, -0.2) is 0 Å². The first-order valence-corrected chi connectivity index (χ1v) is 8.12. The molecule has 120 valence electrons. The topological polar surface area (TPSA) is 29.1 Å². The van der Waals surface area contributed by atoms with Gasteiger partial charge in [0.25, 0.3) is 0 Å². The number of carbonyl (C=O) groups is 1. The van der Waals surface area contributed by atoms with Crippen LogP contribution in [0.5, 0.6) is 0 Å². The van der Waals surface area contributed by atoms with Crippen molar-refractivity contribution in [1.29, 1.82) is 0 Å². The zero-order chi connectivity index (χ0) is 16.8. The SMILES string of the molecule is CC[C@@H](NC(=O)/C=C/c1ccc(C)cc1)c1ccc(C)c(C)c1. The van der Waals surface area contributed by atoms with Crippen LogP contribution < -0.4 is 5.32 Å². The summed E-state index contributed by atoms with van der Waals surface area (Å²) < 4.78 is 0. The Kier molecular flexibility index (Phi) is 5.75. The Morgan fingerprint density at radius 3 is 2.35 bits per heavy atom. The second kappa shape index (κ2) is 7.77. The molecule has 2 aromatic rings. The van der Waals surface area contributed by atoms with Crippen LogP contribution >= 0.6 is 0 Å². The molecule has 0 aliphatic rings. The van der Waals surface area contributed by atoms with Crippen LogP contribution in [0.3, 0.4) is 0 Å². The van der Waals surface area contributed by atoms with Crippen molar-refractivity contribution in [2.24, 2.45) is 0 Å². The minimum absolute atomic E-state index is 0.0458. The van der Waals surface area contributed by atoms with Gasteiger partial charge in [0.05, 0.1) is 6.04 Å². The average molecular weight is 307 g/mol. The van der Waals surface area contributed by atoms with Gasteiger partial charge >= 0.3 is 0 Å². The van der Waals surface area contributed by atoms with E-state index in [0.717, 1.165) is 17.5 Å². The van der Waals surface area contributed by atoms with Crippen LogP contribution in [0.4, 0.5) is 0 Å². The molecule has 1 atom stereocenters. The molecule has 0 radical (unpaired) electrons. The number of hydrogen-bond acceptors (Lipinski definition) is 1. The molecule has 2 aromatic carbocycles. The van der Waals surface area contributed by atoms with Gasteiger partial charge in [0.1, 0.15) is 0 Å². The van der Waals surface area contributed by atoms with Gasteiger partial charge in [-0.05, 0) is 55.5 Å². The van der Waals surface area contributed by atoms with Crippen LogP contribution in [0.2, 0.25) is 0 Å². The first kappa shape index (κ1) is 17.0. The van der Waals surface area contributed by atoms with Crippen molar-refractivity contribution < 1.29 is 4.79 Å². The predicted molar refractivity (Wildman–Crippen MR) is 97.3 cm³/mol. The highest BCUT2D eigenvalue weighted by Crippen LogP contribution is 2.19. The van der Waals surface area contributed by atoms with Crippen LogP contribution in [-0.2, 0) is 4.79 Å². The van der Waals surface area contributed by atoms with E-state index in [2.05, 4.69) is 51.2 Å². The molecule has 0 aromatic heterocycles. The fourth-order valence-corrected chi connectivity index (χ4v) is 2.47. The maximum absolute atomic E-state index is 12.2. The molecule has 0 saturated heterocycles. The summed E-state index contributed by atoms with van der Waals surface area (Å²) in [6.45, 7) is 8.34. The maximum Gasteiger partial charge on any atom is 0.244 e. The second-order valence-electron chi connectivity index (χ2n) is 6.06. The second-order valence-corrected chi connectivity index (χ2v) is 6.06. The van der Waals surface area contributed by atoms with E-state index in [4.69, 9.17) is 0 Å². The smallest absolute Gasteiger partial charge is 0.244 e. The predicted octanol–water partition coefficient (Wildman–Crippen LogP) is 4.89. The lowest BCUT2D eigenvalue weighted by atomic mass is 9.99. The third-order valence-corrected chi connectivity index (χ3v) is 4.16. The van der Waals surface area contributed by atoms with Gasteiger partial charge in [-0.3, -0.25) is 4.79 Å². The van der Waals surface area contributed by atoms with Crippen molar-refractivity contribution in [2.45, 2.75) is 40.2 Å². The van der Waals surface area contributed by atoms with Gasteiger partial charge in [-0.1, -0.05) is 55.0 Å². The van der Waals surface area contributed by atoms with Crippen molar-refractivity contribution in [3.05, 3.63) is 76.4 Å². The molecule has 0 spiro atoms. The maximum atomic E-state index is 12.2. The molecule has 0 bridgehead atoms. The number of hydrogen-bond donors (Lipinski definition) is 1. The molecule has 23 heavy (non-hydrogen) atoms. The summed E-state index contributed by atoms with van der Waals surface area (Å²) >= 11 is 0. The van der Waals surface area contributed by atoms with Crippen LogP contribution in [0.15, 0.2) is 48.5 Å². The lowest BCUT2D eigenvalue weighted by Gasteiger charge is -2.17. The Balaban J connectivity index is 2.04. The molecule has 0 unspecified atom stereocenters. The lowest BCUT2D eigenvalue weighted by molar-refractivity contribution is -0.117. The molecular weight excluding hydrogens is 282 g/mol. The standard InChI is InChI=1S/C21H25NO/c1-5-20(19-12-8-16(3)17(4)14-19)22-21(23)13-11-18-9-6-15(2)7-10-18/h6-14,20H,5H2,1-4H3,(H,22,23)/b13-11+/t20-/m1/s1. The molecule has 2 heteroatoms. The number of aryl methyl sites for hydroxylation is 3. The Bertz CT molecular complexity index is 698. The molecule has 2 nitrogen and oxygen atoms in total. The Labute approximate surface area is 139 Å². The number of amides is 1. The van der Waals surface area contributed by atoms with Crippen LogP contribution in [0.25, 0.3) is 6.08 Å². The van der Waals surface area contributed by atoms with Crippen molar-refractivity contribution in [1.82, 2.24) is 5.32 Å². The summed E-state index contributed by atoms with van der Waals surface area (Å²) in [4.78, 5) is 12.2. The molecule has 2 rings (SSSR count). The quantitative estimate of drug-likeness (QED) is 0.783. The van der Waals surface area contributed by atoms with Crippen molar-refractivity contribution in [3.63, 3.8) is 0 Å². The zero-order valence-electron chi connectivity index (χ0n) is 14.4. The third-order valence-electron chi connectivity index (χ3n) is 4.16. The van der Waals surface area contributed by atoms with E-state index >= 15 is 0 Å². The van der Waals surface area contributed by atoms with E-state index in [-0.39, 0.29) is 11.9 Å². The van der Waals surface area contributed by atoms with E-state index in [9.17, 15) is 4.79 Å². The lowest BCUT2D eigenvalue weighted by Crippen LogP contribution is -2.26. The molecule has 0 aliphatic heterocycles. The van der Waals surface area contributed by atoms with Gasteiger partial charge in [-0.2, -0.15) is 0 Å². The van der Waals surface area contributed by atoms with Gasteiger partial charge in [0.2, 0.25) is 5.91 Å². The van der Waals surface area contributed by atoms with Crippen LogP contribution in [0, 0.1) is 20.8 Å². The van der Waals surface area contributed by atoms with Crippen LogP contribution in [0.1, 0.15) is 47.2 Å². The molecular formula is C21H25NO. The highest BCUT2D eigenvalue weighted by atomic mass is 16.1. The normalized spacial score (nSPS) is 12.3. The Morgan fingerprint density at radius 2 is 1.74 bits per heavy atom. The monoisotopic (exact) mass is 307 g/mol. The molecule has 1 amide bonds. The highest BCUT2D eigenvalue weighted by Gasteiger charge is 2.11. The molecule has 0 saturated carbocycles. The summed E-state index contributed by atoms with van der Waals surface area (Å²) in [7, 11) is 0.